The molecular weight excluding hydrogens is 382 g/mol. The van der Waals surface area contributed by atoms with E-state index in [4.69, 9.17) is 9.47 Å². The summed E-state index contributed by atoms with van der Waals surface area (Å²) in [5, 5.41) is 2.72. The molecule has 0 unspecified atom stereocenters. The minimum atomic E-state index is -3.89. The van der Waals surface area contributed by atoms with Gasteiger partial charge in [0, 0.05) is 32.5 Å². The summed E-state index contributed by atoms with van der Waals surface area (Å²) in [6.07, 6.45) is 2.60. The van der Waals surface area contributed by atoms with Gasteiger partial charge in [0.25, 0.3) is 0 Å². The molecule has 1 aliphatic rings. The average molecular weight is 405 g/mol. The molecule has 0 aliphatic carbocycles. The lowest BCUT2D eigenvalue weighted by atomic mass is 10.2. The van der Waals surface area contributed by atoms with Crippen LogP contribution in [0.3, 0.4) is 0 Å². The Morgan fingerprint density at radius 3 is 2.71 bits per heavy atom. The fourth-order valence-corrected chi connectivity index (χ4v) is 4.67. The lowest BCUT2D eigenvalue weighted by Crippen LogP contribution is -2.46. The number of hydrogen-bond acceptors (Lipinski definition) is 6. The highest BCUT2D eigenvalue weighted by Crippen LogP contribution is 2.28. The summed E-state index contributed by atoms with van der Waals surface area (Å²) in [6.45, 7) is 0.725. The normalized spacial score (nSPS) is 20.0. The van der Waals surface area contributed by atoms with Gasteiger partial charge >= 0.3 is 0 Å². The molecule has 2 heterocycles. The molecule has 28 heavy (non-hydrogen) atoms. The number of carbonyl (C=O) groups excluding carboxylic acids is 1. The van der Waals surface area contributed by atoms with Crippen molar-refractivity contribution < 1.29 is 22.7 Å². The maximum Gasteiger partial charge on any atom is 0.245 e. The zero-order valence-electron chi connectivity index (χ0n) is 15.5. The zero-order valence-corrected chi connectivity index (χ0v) is 16.3. The van der Waals surface area contributed by atoms with Crippen LogP contribution in [-0.2, 0) is 19.6 Å². The highest BCUT2D eigenvalue weighted by molar-refractivity contribution is 7.89. The van der Waals surface area contributed by atoms with Gasteiger partial charge in [0.05, 0.1) is 13.2 Å². The second-order valence-electron chi connectivity index (χ2n) is 6.35. The first-order valence-electron chi connectivity index (χ1n) is 8.92. The van der Waals surface area contributed by atoms with Crippen LogP contribution in [0.15, 0.2) is 59.8 Å². The molecule has 1 aromatic heterocycles. The molecule has 0 radical (unpaired) electrons. The van der Waals surface area contributed by atoms with Crippen LogP contribution >= 0.6 is 0 Å². The van der Waals surface area contributed by atoms with Gasteiger partial charge in [-0.25, -0.2) is 8.42 Å². The number of amides is 1. The molecule has 2 aromatic rings. The molecule has 0 saturated carbocycles. The van der Waals surface area contributed by atoms with Crippen molar-refractivity contribution in [2.75, 3.05) is 26.8 Å². The molecule has 2 atom stereocenters. The number of nitrogens with zero attached hydrogens (tertiary/aromatic N) is 2. The number of nitrogens with one attached hydrogen (secondary N) is 1. The van der Waals surface area contributed by atoms with Gasteiger partial charge in [-0.15, -0.1) is 0 Å². The minimum absolute atomic E-state index is 0.0463. The number of ether oxygens (including phenoxy) is 2. The largest absolute Gasteiger partial charge is 0.489 e. The van der Waals surface area contributed by atoms with Crippen molar-refractivity contribution in [3.8, 4) is 5.75 Å². The van der Waals surface area contributed by atoms with Crippen LogP contribution in [-0.4, -0.2) is 62.6 Å². The number of benzene rings is 1. The van der Waals surface area contributed by atoms with E-state index < -0.39 is 22.2 Å². The molecule has 1 aliphatic heterocycles. The highest BCUT2D eigenvalue weighted by Gasteiger charge is 2.45. The number of para-hydroxylation sites is 1. The first kappa shape index (κ1) is 20.2. The molecule has 9 heteroatoms. The van der Waals surface area contributed by atoms with Gasteiger partial charge in [0.1, 0.15) is 22.8 Å². The smallest absolute Gasteiger partial charge is 0.245 e. The van der Waals surface area contributed by atoms with E-state index >= 15 is 0 Å². The molecule has 150 valence electrons. The van der Waals surface area contributed by atoms with Gasteiger partial charge in [-0.3, -0.25) is 9.78 Å². The third kappa shape index (κ3) is 4.67. The Morgan fingerprint density at radius 2 is 2.04 bits per heavy atom. The van der Waals surface area contributed by atoms with Gasteiger partial charge in [0.15, 0.2) is 0 Å². The van der Waals surface area contributed by atoms with Gasteiger partial charge < -0.3 is 14.8 Å². The van der Waals surface area contributed by atoms with E-state index in [9.17, 15) is 13.2 Å². The zero-order chi connectivity index (χ0) is 20.0. The predicted molar refractivity (Wildman–Crippen MR) is 102 cm³/mol. The van der Waals surface area contributed by atoms with Gasteiger partial charge in [-0.2, -0.15) is 4.31 Å². The summed E-state index contributed by atoms with van der Waals surface area (Å²) in [5.74, 6) is 0.260. The van der Waals surface area contributed by atoms with Crippen molar-refractivity contribution in [3.05, 3.63) is 54.9 Å². The van der Waals surface area contributed by atoms with Crippen LogP contribution in [0, 0.1) is 0 Å². The monoisotopic (exact) mass is 405 g/mol. The number of pyridine rings is 1. The van der Waals surface area contributed by atoms with E-state index in [1.54, 1.807) is 18.2 Å². The number of aromatic nitrogens is 1. The average Bonchev–Trinajstić information content (AvgIpc) is 3.14. The summed E-state index contributed by atoms with van der Waals surface area (Å²) < 4.78 is 38.3. The van der Waals surface area contributed by atoms with Crippen molar-refractivity contribution in [1.82, 2.24) is 14.6 Å². The van der Waals surface area contributed by atoms with Crippen LogP contribution in [0.1, 0.15) is 6.42 Å². The van der Waals surface area contributed by atoms with Gasteiger partial charge in [-0.05, 0) is 24.3 Å². The van der Waals surface area contributed by atoms with E-state index in [2.05, 4.69) is 10.3 Å². The van der Waals surface area contributed by atoms with Crippen LogP contribution in [0.25, 0.3) is 0 Å². The molecule has 1 aromatic carbocycles. The Kier molecular flexibility index (Phi) is 6.61. The van der Waals surface area contributed by atoms with E-state index in [-0.39, 0.29) is 23.8 Å². The molecule has 0 bridgehead atoms. The molecule has 3 rings (SSSR count). The molecule has 0 spiro atoms. The van der Waals surface area contributed by atoms with Gasteiger partial charge in [-0.1, -0.05) is 18.2 Å². The number of sulfonamides is 1. The number of methoxy groups -OCH3 is 1. The summed E-state index contributed by atoms with van der Waals surface area (Å²) in [6, 6.07) is 11.3. The van der Waals surface area contributed by atoms with E-state index in [0.29, 0.717) is 18.9 Å². The quantitative estimate of drug-likeness (QED) is 0.660. The Bertz CT molecular complexity index is 877. The molecule has 1 amide bonds. The minimum Gasteiger partial charge on any atom is -0.489 e. The fraction of sp³-hybridized carbons (Fsp3) is 0.368. The summed E-state index contributed by atoms with van der Waals surface area (Å²) in [5.41, 5.74) is 0. The topological polar surface area (TPSA) is 97.8 Å². The Labute approximate surface area is 164 Å². The predicted octanol–water partition coefficient (Wildman–Crippen LogP) is 1.05. The van der Waals surface area contributed by atoms with E-state index in [1.807, 2.05) is 18.2 Å². The first-order valence-corrected chi connectivity index (χ1v) is 10.4. The second kappa shape index (κ2) is 9.13. The summed E-state index contributed by atoms with van der Waals surface area (Å²) in [4.78, 5) is 16.6. The summed E-state index contributed by atoms with van der Waals surface area (Å²) in [7, 11) is -2.36. The van der Waals surface area contributed by atoms with Crippen LogP contribution in [0.2, 0.25) is 0 Å². The van der Waals surface area contributed by atoms with Crippen molar-refractivity contribution in [1.29, 1.82) is 0 Å². The summed E-state index contributed by atoms with van der Waals surface area (Å²) >= 11 is 0. The number of hydrogen-bond donors (Lipinski definition) is 1. The SMILES string of the molecule is COCCNC(=O)[C@@H]1C[C@H](Oc2ccccc2)CN1S(=O)(=O)c1cccnc1. The van der Waals surface area contributed by atoms with Gasteiger partial charge in [0.2, 0.25) is 15.9 Å². The Hall–Kier alpha value is -2.49. The molecule has 1 saturated heterocycles. The highest BCUT2D eigenvalue weighted by atomic mass is 32.2. The van der Waals surface area contributed by atoms with Crippen LogP contribution < -0.4 is 10.1 Å². The third-order valence-electron chi connectivity index (χ3n) is 4.41. The van der Waals surface area contributed by atoms with Crippen LogP contribution in [0.4, 0.5) is 0 Å². The van der Waals surface area contributed by atoms with Crippen molar-refractivity contribution >= 4 is 15.9 Å². The van der Waals surface area contributed by atoms with E-state index in [0.717, 1.165) is 0 Å². The first-order chi connectivity index (χ1) is 13.5. The fourth-order valence-electron chi connectivity index (χ4n) is 3.08. The Morgan fingerprint density at radius 1 is 1.25 bits per heavy atom. The maximum absolute atomic E-state index is 13.1. The third-order valence-corrected chi connectivity index (χ3v) is 6.27. The molecule has 8 nitrogen and oxygen atoms in total. The Balaban J connectivity index is 1.82. The van der Waals surface area contributed by atoms with Crippen LogP contribution in [0.5, 0.6) is 5.75 Å². The lowest BCUT2D eigenvalue weighted by Gasteiger charge is -2.22. The molecule has 1 N–H and O–H groups in total. The van der Waals surface area contributed by atoms with E-state index in [1.165, 1.54) is 29.9 Å². The van der Waals surface area contributed by atoms with Crippen molar-refractivity contribution in [2.45, 2.75) is 23.5 Å². The lowest BCUT2D eigenvalue weighted by molar-refractivity contribution is -0.124. The van der Waals surface area contributed by atoms with Crippen molar-refractivity contribution in [2.24, 2.45) is 0 Å². The maximum atomic E-state index is 13.1. The second-order valence-corrected chi connectivity index (χ2v) is 8.24. The standard InChI is InChI=1S/C19H23N3O5S/c1-26-11-10-21-19(23)18-12-16(27-15-6-3-2-4-7-15)14-22(18)28(24,25)17-8-5-9-20-13-17/h2-9,13,16,18H,10-12,14H2,1H3,(H,21,23)/t16-,18-/m0/s1. The number of carbonyl (C=O) groups is 1. The molecule has 1 fully saturated rings. The molecular formula is C19H23N3O5S. The van der Waals surface area contributed by atoms with Crippen molar-refractivity contribution in [3.63, 3.8) is 0 Å². The number of rotatable bonds is 8.